The number of likely N-dealkylation sites (tertiary alicyclic amines) is 1. The zero-order chi connectivity index (χ0) is 33.6. The Morgan fingerprint density at radius 3 is 2.56 bits per heavy atom. The number of carbonyl (C=O) groups excluding carboxylic acids is 4. The van der Waals surface area contributed by atoms with Gasteiger partial charge in [0.05, 0.1) is 13.7 Å². The van der Waals surface area contributed by atoms with E-state index >= 15 is 0 Å². The van der Waals surface area contributed by atoms with Gasteiger partial charge in [0.2, 0.25) is 11.8 Å². The van der Waals surface area contributed by atoms with E-state index < -0.39 is 29.4 Å². The quantitative estimate of drug-likeness (QED) is 0.312. The molecule has 4 heterocycles. The Morgan fingerprint density at radius 2 is 1.88 bits per heavy atom. The van der Waals surface area contributed by atoms with Gasteiger partial charge in [0.25, 0.3) is 5.91 Å². The Hall–Kier alpha value is -4.88. The number of rotatable bonds is 9. The SMILES string of the molecule is COC(=O)N1CCC(C(=O)N[C@@H](C)C2CCC2)(c2cc(NC(=O)[C@@H](NC(=O)c3ccnn3C)C3c4ccccc4OCC34CC4)no2)C1. The molecular formula is C34H41N7O7. The number of nitrogens with zero attached hydrogens (tertiary/aromatic N) is 4. The zero-order valence-electron chi connectivity index (χ0n) is 27.4. The third kappa shape index (κ3) is 5.56. The second-order valence-corrected chi connectivity index (χ2v) is 13.7. The predicted octanol–water partition coefficient (Wildman–Crippen LogP) is 3.12. The lowest BCUT2D eigenvalue weighted by Crippen LogP contribution is -2.52. The fourth-order valence-corrected chi connectivity index (χ4v) is 7.53. The Bertz CT molecular complexity index is 1730. The summed E-state index contributed by atoms with van der Waals surface area (Å²) in [5.41, 5.74) is -0.390. The topological polar surface area (TPSA) is 170 Å². The highest BCUT2D eigenvalue weighted by atomic mass is 16.5. The fourth-order valence-electron chi connectivity index (χ4n) is 7.53. The second-order valence-electron chi connectivity index (χ2n) is 13.7. The molecule has 254 valence electrons. The van der Waals surface area contributed by atoms with Gasteiger partial charge in [-0.05, 0) is 57.1 Å². The average molecular weight is 660 g/mol. The summed E-state index contributed by atoms with van der Waals surface area (Å²) in [5, 5.41) is 17.3. The van der Waals surface area contributed by atoms with Crippen LogP contribution in [0.1, 0.15) is 73.2 Å². The summed E-state index contributed by atoms with van der Waals surface area (Å²) in [4.78, 5) is 55.7. The van der Waals surface area contributed by atoms with Crippen LogP contribution >= 0.6 is 0 Å². The Kier molecular flexibility index (Phi) is 8.12. The lowest BCUT2D eigenvalue weighted by Gasteiger charge is -2.38. The molecule has 1 aromatic carbocycles. The molecule has 2 saturated carbocycles. The molecule has 1 spiro atoms. The standard InChI is InChI=1S/C34H41N7O7/c1-20(21-7-6-8-21)36-31(44)34(14-16-41(18-34)32(45)46-3)25-17-26(39-48-25)37-30(43)28(38-29(42)23-11-15-35-40(23)2)27-22-9-4-5-10-24(22)47-19-33(27)12-13-33/h4-5,9-11,15,17,20-21,27-28H,6-8,12-14,16,18-19H2,1-3H3,(H,36,44)(H,38,42)(H,37,39,43)/t20-,27?,28-,34?/m0/s1. The van der Waals surface area contributed by atoms with Crippen LogP contribution in [0.15, 0.2) is 47.1 Å². The number of hydrogen-bond donors (Lipinski definition) is 3. The number of amides is 4. The largest absolute Gasteiger partial charge is 0.493 e. The van der Waals surface area contributed by atoms with Crippen LogP contribution in [-0.2, 0) is 26.8 Å². The highest BCUT2D eigenvalue weighted by Crippen LogP contribution is 2.61. The van der Waals surface area contributed by atoms with Crippen molar-refractivity contribution in [2.45, 2.75) is 68.9 Å². The Labute approximate surface area is 277 Å². The normalized spacial score (nSPS) is 23.6. The molecule has 14 nitrogen and oxygen atoms in total. The maximum atomic E-state index is 14.3. The molecule has 1 saturated heterocycles. The number of para-hydroxylation sites is 1. The first-order chi connectivity index (χ1) is 23.1. The summed E-state index contributed by atoms with van der Waals surface area (Å²) in [5.74, 6) is -0.172. The minimum Gasteiger partial charge on any atom is -0.493 e. The van der Waals surface area contributed by atoms with Gasteiger partial charge in [0.15, 0.2) is 11.6 Å². The summed E-state index contributed by atoms with van der Waals surface area (Å²) in [6, 6.07) is 9.67. The Balaban J connectivity index is 1.18. The second kappa shape index (κ2) is 12.3. The van der Waals surface area contributed by atoms with Crippen molar-refractivity contribution in [2.24, 2.45) is 18.4 Å². The molecule has 3 N–H and O–H groups in total. The molecule has 4 amide bonds. The summed E-state index contributed by atoms with van der Waals surface area (Å²) in [6.07, 6.45) is 6.22. The van der Waals surface area contributed by atoms with Crippen molar-refractivity contribution in [3.63, 3.8) is 0 Å². The molecule has 7 rings (SSSR count). The van der Waals surface area contributed by atoms with Gasteiger partial charge >= 0.3 is 6.09 Å². The molecule has 4 atom stereocenters. The van der Waals surface area contributed by atoms with Crippen LogP contribution in [0.25, 0.3) is 0 Å². The van der Waals surface area contributed by atoms with Crippen LogP contribution in [0.3, 0.4) is 0 Å². The number of anilines is 1. The van der Waals surface area contributed by atoms with E-state index in [2.05, 4.69) is 26.2 Å². The van der Waals surface area contributed by atoms with Crippen LogP contribution in [0.5, 0.6) is 5.75 Å². The number of nitrogens with one attached hydrogen (secondary N) is 3. The van der Waals surface area contributed by atoms with Crippen molar-refractivity contribution < 1.29 is 33.2 Å². The van der Waals surface area contributed by atoms with E-state index in [0.29, 0.717) is 30.4 Å². The van der Waals surface area contributed by atoms with Crippen LogP contribution in [0, 0.1) is 11.3 Å². The first-order valence-electron chi connectivity index (χ1n) is 16.6. The number of fused-ring (bicyclic) bond motifs is 1. The van der Waals surface area contributed by atoms with E-state index in [1.807, 2.05) is 31.2 Å². The first-order valence-corrected chi connectivity index (χ1v) is 16.6. The van der Waals surface area contributed by atoms with Gasteiger partial charge in [-0.1, -0.05) is 29.8 Å². The average Bonchev–Trinajstić information content (AvgIpc) is 3.39. The van der Waals surface area contributed by atoms with Crippen molar-refractivity contribution in [2.75, 3.05) is 32.1 Å². The highest BCUT2D eigenvalue weighted by molar-refractivity contribution is 6.01. The molecule has 48 heavy (non-hydrogen) atoms. The molecule has 2 aliphatic heterocycles. The van der Waals surface area contributed by atoms with Crippen LogP contribution < -0.4 is 20.7 Å². The molecule has 3 fully saturated rings. The van der Waals surface area contributed by atoms with Crippen LogP contribution in [0.2, 0.25) is 0 Å². The lowest BCUT2D eigenvalue weighted by molar-refractivity contribution is -0.128. The minimum atomic E-state index is -1.23. The third-order valence-corrected chi connectivity index (χ3v) is 10.9. The highest BCUT2D eigenvalue weighted by Gasteiger charge is 2.58. The van der Waals surface area contributed by atoms with Gasteiger partial charge < -0.3 is 34.8 Å². The van der Waals surface area contributed by atoms with Gasteiger partial charge in [-0.2, -0.15) is 5.10 Å². The number of aryl methyl sites for hydroxylation is 1. The molecule has 3 aromatic rings. The summed E-state index contributed by atoms with van der Waals surface area (Å²) < 4.78 is 18.3. The molecular weight excluding hydrogens is 618 g/mol. The van der Waals surface area contributed by atoms with Crippen LogP contribution in [-0.4, -0.2) is 82.5 Å². The van der Waals surface area contributed by atoms with Crippen molar-refractivity contribution in [1.82, 2.24) is 30.5 Å². The number of hydrogen-bond acceptors (Lipinski definition) is 9. The van der Waals surface area contributed by atoms with Crippen LogP contribution in [0.4, 0.5) is 10.6 Å². The molecule has 2 unspecified atom stereocenters. The lowest BCUT2D eigenvalue weighted by atomic mass is 9.76. The van der Waals surface area contributed by atoms with Crippen molar-refractivity contribution in [3.8, 4) is 5.75 Å². The smallest absolute Gasteiger partial charge is 0.409 e. The van der Waals surface area contributed by atoms with E-state index in [9.17, 15) is 19.2 Å². The molecule has 4 aliphatic rings. The number of aromatic nitrogens is 3. The van der Waals surface area contributed by atoms with Gasteiger partial charge in [0.1, 0.15) is 22.9 Å². The predicted molar refractivity (Wildman–Crippen MR) is 171 cm³/mol. The molecule has 0 radical (unpaired) electrons. The first kappa shape index (κ1) is 31.7. The van der Waals surface area contributed by atoms with Gasteiger partial charge in [-0.25, -0.2) is 4.79 Å². The maximum absolute atomic E-state index is 14.3. The van der Waals surface area contributed by atoms with Crippen molar-refractivity contribution in [1.29, 1.82) is 0 Å². The fraction of sp³-hybridized carbons (Fsp3) is 0.529. The number of carbonyl (C=O) groups is 4. The molecule has 14 heteroatoms. The molecule has 2 aliphatic carbocycles. The van der Waals surface area contributed by atoms with E-state index in [1.165, 1.54) is 29.0 Å². The summed E-state index contributed by atoms with van der Waals surface area (Å²) >= 11 is 0. The summed E-state index contributed by atoms with van der Waals surface area (Å²) in [6.45, 7) is 2.75. The maximum Gasteiger partial charge on any atom is 0.409 e. The number of methoxy groups -OCH3 is 1. The Morgan fingerprint density at radius 1 is 1.08 bits per heavy atom. The summed E-state index contributed by atoms with van der Waals surface area (Å²) in [7, 11) is 2.96. The van der Waals surface area contributed by atoms with Gasteiger partial charge in [0, 0.05) is 55.3 Å². The van der Waals surface area contributed by atoms with Crippen molar-refractivity contribution in [3.05, 3.63) is 59.6 Å². The third-order valence-electron chi connectivity index (χ3n) is 10.9. The number of benzene rings is 1. The van der Waals surface area contributed by atoms with E-state index in [-0.39, 0.29) is 47.9 Å². The molecule has 2 aromatic heterocycles. The van der Waals surface area contributed by atoms with Crippen molar-refractivity contribution >= 4 is 29.6 Å². The van der Waals surface area contributed by atoms with Gasteiger partial charge in [-0.15, -0.1) is 0 Å². The minimum absolute atomic E-state index is 0.0379. The monoisotopic (exact) mass is 659 g/mol. The van der Waals surface area contributed by atoms with E-state index in [1.54, 1.807) is 13.1 Å². The number of ether oxygens (including phenoxy) is 2. The molecule has 0 bridgehead atoms. The van der Waals surface area contributed by atoms with E-state index in [4.69, 9.17) is 14.0 Å². The van der Waals surface area contributed by atoms with Gasteiger partial charge in [-0.3, -0.25) is 19.1 Å². The van der Waals surface area contributed by atoms with E-state index in [0.717, 1.165) is 37.7 Å². The zero-order valence-corrected chi connectivity index (χ0v) is 27.4.